The van der Waals surface area contributed by atoms with Gasteiger partial charge in [0.05, 0.1) is 6.61 Å². The van der Waals surface area contributed by atoms with Crippen molar-refractivity contribution in [2.24, 2.45) is 7.05 Å². The molecule has 0 radical (unpaired) electrons. The molecule has 8 heteroatoms. The van der Waals surface area contributed by atoms with Crippen LogP contribution in [0.3, 0.4) is 0 Å². The minimum Gasteiger partial charge on any atom is -0.393 e. The number of aromatic nitrogens is 2. The first-order valence-corrected chi connectivity index (χ1v) is 6.41. The van der Waals surface area contributed by atoms with Crippen LogP contribution in [0.4, 0.5) is 11.5 Å². The summed E-state index contributed by atoms with van der Waals surface area (Å²) >= 11 is 0. The van der Waals surface area contributed by atoms with E-state index < -0.39 is 23.5 Å². The van der Waals surface area contributed by atoms with Gasteiger partial charge in [-0.2, -0.15) is 0 Å². The molecule has 0 aliphatic rings. The molecule has 5 N–H and O–H groups in total. The Balaban J connectivity index is 3.26. The number of aliphatic hydroxyl groups excluding tert-OH is 1. The molecule has 0 saturated heterocycles. The third-order valence-corrected chi connectivity index (χ3v) is 3.02. The van der Waals surface area contributed by atoms with E-state index in [4.69, 9.17) is 10.8 Å². The number of nitrogens with one attached hydrogen (secondary N) is 1. The fourth-order valence-corrected chi connectivity index (χ4v) is 1.72. The van der Waals surface area contributed by atoms with E-state index >= 15 is 0 Å². The predicted octanol–water partition coefficient (Wildman–Crippen LogP) is -1.31. The largest absolute Gasteiger partial charge is 0.393 e. The summed E-state index contributed by atoms with van der Waals surface area (Å²) in [6.45, 7) is 3.18. The van der Waals surface area contributed by atoms with Gasteiger partial charge in [-0.1, -0.05) is 6.92 Å². The maximum atomic E-state index is 12.0. The van der Waals surface area contributed by atoms with Crippen LogP contribution in [0.1, 0.15) is 20.3 Å². The Morgan fingerprint density at radius 3 is 2.50 bits per heavy atom. The number of hydrogen-bond donors (Lipinski definition) is 4. The molecule has 1 rings (SSSR count). The van der Waals surface area contributed by atoms with Crippen LogP contribution in [0, 0.1) is 0 Å². The van der Waals surface area contributed by atoms with Crippen LogP contribution in [0.5, 0.6) is 0 Å². The van der Waals surface area contributed by atoms with Gasteiger partial charge in [0.25, 0.3) is 5.56 Å². The molecule has 0 amide bonds. The van der Waals surface area contributed by atoms with Gasteiger partial charge >= 0.3 is 5.69 Å². The summed E-state index contributed by atoms with van der Waals surface area (Å²) in [5.41, 5.74) is 3.48. The summed E-state index contributed by atoms with van der Waals surface area (Å²) in [6, 6.07) is 0. The lowest BCUT2D eigenvalue weighted by molar-refractivity contribution is 0.0132. The first-order valence-electron chi connectivity index (χ1n) is 6.41. The van der Waals surface area contributed by atoms with E-state index in [-0.39, 0.29) is 18.1 Å². The van der Waals surface area contributed by atoms with Gasteiger partial charge in [-0.3, -0.25) is 13.9 Å². The molecular formula is C12H22N4O4. The molecule has 1 atom stereocenters. The number of nitrogens with zero attached hydrogens (tertiary/aromatic N) is 2. The Kier molecular flexibility index (Phi) is 4.96. The standard InChI is InChI=1S/C12H22N4O4/c1-4-5-16-9(13)8(10(18)15(3)11(16)19)14-6-12(2,20)7-17/h14,17,20H,4-7,13H2,1-3H3. The van der Waals surface area contributed by atoms with Crippen molar-refractivity contribution in [3.63, 3.8) is 0 Å². The van der Waals surface area contributed by atoms with Crippen LogP contribution in [-0.2, 0) is 13.6 Å². The van der Waals surface area contributed by atoms with E-state index in [1.165, 1.54) is 18.5 Å². The van der Waals surface area contributed by atoms with Crippen molar-refractivity contribution in [1.82, 2.24) is 9.13 Å². The van der Waals surface area contributed by atoms with Gasteiger partial charge in [0, 0.05) is 20.1 Å². The topological polar surface area (TPSA) is 123 Å². The van der Waals surface area contributed by atoms with Crippen molar-refractivity contribution in [2.75, 3.05) is 24.2 Å². The van der Waals surface area contributed by atoms with Crippen LogP contribution in [0.15, 0.2) is 9.59 Å². The zero-order chi connectivity index (χ0) is 15.5. The van der Waals surface area contributed by atoms with Crippen LogP contribution in [0.25, 0.3) is 0 Å². The number of nitrogens with two attached hydrogens (primary N) is 1. The van der Waals surface area contributed by atoms with Gasteiger partial charge in [0.2, 0.25) is 0 Å². The number of aliphatic hydroxyl groups is 2. The molecule has 0 aliphatic heterocycles. The fourth-order valence-electron chi connectivity index (χ4n) is 1.72. The molecule has 8 nitrogen and oxygen atoms in total. The molecule has 0 spiro atoms. The van der Waals surface area contributed by atoms with Gasteiger partial charge in [-0.05, 0) is 13.3 Å². The Hall–Kier alpha value is -1.80. The van der Waals surface area contributed by atoms with Gasteiger partial charge < -0.3 is 21.3 Å². The quantitative estimate of drug-likeness (QED) is 0.515. The zero-order valence-corrected chi connectivity index (χ0v) is 12.0. The molecule has 0 fully saturated rings. The fraction of sp³-hybridized carbons (Fsp3) is 0.667. The first kappa shape index (κ1) is 16.3. The number of nitrogen functional groups attached to an aromatic ring is 1. The van der Waals surface area contributed by atoms with Crippen molar-refractivity contribution >= 4 is 11.5 Å². The number of rotatable bonds is 6. The van der Waals surface area contributed by atoms with Crippen LogP contribution >= 0.6 is 0 Å². The predicted molar refractivity (Wildman–Crippen MR) is 76.8 cm³/mol. The molecule has 1 aromatic heterocycles. The monoisotopic (exact) mass is 286 g/mol. The third-order valence-electron chi connectivity index (χ3n) is 3.02. The summed E-state index contributed by atoms with van der Waals surface area (Å²) in [4.78, 5) is 24.0. The molecule has 114 valence electrons. The van der Waals surface area contributed by atoms with Crippen molar-refractivity contribution < 1.29 is 10.2 Å². The molecule has 1 aromatic rings. The van der Waals surface area contributed by atoms with Gasteiger partial charge in [0.1, 0.15) is 17.1 Å². The Morgan fingerprint density at radius 2 is 2.00 bits per heavy atom. The minimum absolute atomic E-state index is 0.0358. The highest BCUT2D eigenvalue weighted by Crippen LogP contribution is 2.13. The molecule has 0 aromatic carbocycles. The molecule has 0 saturated carbocycles. The maximum absolute atomic E-state index is 12.0. The Labute approximate surface area is 116 Å². The zero-order valence-electron chi connectivity index (χ0n) is 12.0. The molecule has 1 unspecified atom stereocenters. The molecule has 0 aliphatic carbocycles. The molecule has 20 heavy (non-hydrogen) atoms. The van der Waals surface area contributed by atoms with Crippen LogP contribution < -0.4 is 22.3 Å². The second-order valence-corrected chi connectivity index (χ2v) is 5.07. The van der Waals surface area contributed by atoms with E-state index in [1.807, 2.05) is 6.92 Å². The third kappa shape index (κ3) is 3.20. The van der Waals surface area contributed by atoms with E-state index in [2.05, 4.69) is 5.32 Å². The molecule has 0 bridgehead atoms. The second kappa shape index (κ2) is 6.10. The summed E-state index contributed by atoms with van der Waals surface area (Å²) in [5, 5.41) is 21.4. The maximum Gasteiger partial charge on any atom is 0.332 e. The van der Waals surface area contributed by atoms with Crippen molar-refractivity contribution in [3.05, 3.63) is 20.8 Å². The van der Waals surface area contributed by atoms with Gasteiger partial charge in [-0.15, -0.1) is 0 Å². The second-order valence-electron chi connectivity index (χ2n) is 5.07. The van der Waals surface area contributed by atoms with E-state index in [0.717, 1.165) is 4.57 Å². The molecular weight excluding hydrogens is 264 g/mol. The Bertz CT molecular complexity index is 588. The van der Waals surface area contributed by atoms with Gasteiger partial charge in [0.15, 0.2) is 0 Å². The van der Waals surface area contributed by atoms with E-state index in [1.54, 1.807) is 0 Å². The summed E-state index contributed by atoms with van der Waals surface area (Å²) in [6.07, 6.45) is 0.691. The lowest BCUT2D eigenvalue weighted by Crippen LogP contribution is -2.43. The molecule has 1 heterocycles. The van der Waals surface area contributed by atoms with Gasteiger partial charge in [-0.25, -0.2) is 4.79 Å². The van der Waals surface area contributed by atoms with Crippen molar-refractivity contribution in [1.29, 1.82) is 0 Å². The lowest BCUT2D eigenvalue weighted by atomic mass is 10.1. The van der Waals surface area contributed by atoms with Crippen molar-refractivity contribution in [2.45, 2.75) is 32.4 Å². The normalized spacial score (nSPS) is 14.1. The number of anilines is 2. The number of hydrogen-bond acceptors (Lipinski definition) is 6. The minimum atomic E-state index is -1.39. The highest BCUT2D eigenvalue weighted by atomic mass is 16.3. The summed E-state index contributed by atoms with van der Waals surface area (Å²) in [7, 11) is 1.37. The summed E-state index contributed by atoms with van der Waals surface area (Å²) in [5.74, 6) is 0.0358. The van der Waals surface area contributed by atoms with Crippen molar-refractivity contribution in [3.8, 4) is 0 Å². The smallest absolute Gasteiger partial charge is 0.332 e. The SMILES string of the molecule is CCCn1c(N)c(NCC(C)(O)CO)c(=O)n(C)c1=O. The van der Waals surface area contributed by atoms with E-state index in [9.17, 15) is 14.7 Å². The Morgan fingerprint density at radius 1 is 1.40 bits per heavy atom. The van der Waals surface area contributed by atoms with E-state index in [0.29, 0.717) is 13.0 Å². The average Bonchev–Trinajstić information content (AvgIpc) is 2.41. The first-order chi connectivity index (χ1) is 9.25. The lowest BCUT2D eigenvalue weighted by Gasteiger charge is -2.22. The average molecular weight is 286 g/mol. The highest BCUT2D eigenvalue weighted by molar-refractivity contribution is 5.60. The summed E-state index contributed by atoms with van der Waals surface area (Å²) < 4.78 is 2.26. The van der Waals surface area contributed by atoms with Crippen LogP contribution in [-0.4, -0.2) is 38.1 Å². The van der Waals surface area contributed by atoms with Crippen LogP contribution in [0.2, 0.25) is 0 Å². The highest BCUT2D eigenvalue weighted by Gasteiger charge is 2.21.